The van der Waals surface area contributed by atoms with Crippen molar-refractivity contribution in [2.24, 2.45) is 0 Å². The van der Waals surface area contributed by atoms with E-state index in [0.29, 0.717) is 25.6 Å². The summed E-state index contributed by atoms with van der Waals surface area (Å²) >= 11 is 0. The van der Waals surface area contributed by atoms with Crippen LogP contribution in [0.2, 0.25) is 0 Å². The first-order valence-corrected chi connectivity index (χ1v) is 14.8. The highest BCUT2D eigenvalue weighted by atomic mass is 31.2. The summed E-state index contributed by atoms with van der Waals surface area (Å²) in [6.07, 6.45) is 2.99. The Bertz CT molecular complexity index is 1470. The number of pyridine rings is 2. The van der Waals surface area contributed by atoms with Gasteiger partial charge in [0.2, 0.25) is 8.38 Å². The predicted octanol–water partition coefficient (Wildman–Crippen LogP) is 5.85. The minimum atomic E-state index is -3.46. The number of ether oxygens (including phenoxy) is 3. The number of benzene rings is 2. The van der Waals surface area contributed by atoms with E-state index < -0.39 is 20.5 Å². The Labute approximate surface area is 239 Å². The van der Waals surface area contributed by atoms with Crippen LogP contribution in [0.3, 0.4) is 0 Å². The first-order chi connectivity index (χ1) is 19.6. The molecule has 2 aromatic heterocycles. The first-order valence-electron chi connectivity index (χ1n) is 13.5. The molecule has 0 saturated carbocycles. The SMILES string of the molecule is Cc1ccc2c(c1)nc(N)c1ncc(CCc3ccc(OCCOCCOCCCC(F)(F)P(O)O)cc3C)cc12. The fourth-order valence-electron chi connectivity index (χ4n) is 4.54. The van der Waals surface area contributed by atoms with Gasteiger partial charge in [-0.15, -0.1) is 0 Å². The van der Waals surface area contributed by atoms with E-state index in [1.54, 1.807) is 0 Å². The van der Waals surface area contributed by atoms with E-state index in [0.717, 1.165) is 57.1 Å². The van der Waals surface area contributed by atoms with Crippen LogP contribution in [0.25, 0.3) is 21.8 Å². The van der Waals surface area contributed by atoms with Gasteiger partial charge in [-0.05, 0) is 79.6 Å². The number of hydrogen-bond donors (Lipinski definition) is 3. The molecule has 4 rings (SSSR count). The molecule has 11 heteroatoms. The van der Waals surface area contributed by atoms with Gasteiger partial charge in [0, 0.05) is 30.0 Å². The number of fused-ring (bicyclic) bond motifs is 3. The minimum Gasteiger partial charge on any atom is -0.491 e. The molecule has 0 atom stereocenters. The van der Waals surface area contributed by atoms with E-state index in [2.05, 4.69) is 41.2 Å². The molecule has 2 heterocycles. The summed E-state index contributed by atoms with van der Waals surface area (Å²) in [5, 5.41) is 2.07. The Morgan fingerprint density at radius 1 is 0.902 bits per heavy atom. The van der Waals surface area contributed by atoms with Crippen LogP contribution in [0, 0.1) is 13.8 Å². The molecule has 4 N–H and O–H groups in total. The van der Waals surface area contributed by atoms with Gasteiger partial charge in [-0.2, -0.15) is 8.78 Å². The number of aryl methyl sites for hydroxylation is 4. The van der Waals surface area contributed by atoms with E-state index in [1.165, 1.54) is 5.56 Å². The largest absolute Gasteiger partial charge is 0.491 e. The summed E-state index contributed by atoms with van der Waals surface area (Å²) in [4.78, 5) is 26.4. The lowest BCUT2D eigenvalue weighted by Crippen LogP contribution is -2.15. The van der Waals surface area contributed by atoms with Crippen molar-refractivity contribution < 1.29 is 32.8 Å². The second kappa shape index (κ2) is 14.2. The van der Waals surface area contributed by atoms with Crippen LogP contribution in [0.15, 0.2) is 48.7 Å². The highest BCUT2D eigenvalue weighted by Gasteiger charge is 2.37. The second-order valence-electron chi connectivity index (χ2n) is 9.98. The zero-order chi connectivity index (χ0) is 29.4. The van der Waals surface area contributed by atoms with Gasteiger partial charge in [0.05, 0.1) is 25.3 Å². The molecular weight excluding hydrogens is 551 g/mol. The normalized spacial score (nSPS) is 12.1. The smallest absolute Gasteiger partial charge is 0.314 e. The Hall–Kier alpha value is -3.01. The van der Waals surface area contributed by atoms with E-state index in [-0.39, 0.29) is 19.6 Å². The van der Waals surface area contributed by atoms with Gasteiger partial charge in [-0.3, -0.25) is 4.98 Å². The summed E-state index contributed by atoms with van der Waals surface area (Å²) in [6.45, 7) is 5.52. The summed E-state index contributed by atoms with van der Waals surface area (Å²) in [5.41, 5.74) is 8.97. The van der Waals surface area contributed by atoms with Gasteiger partial charge in [0.1, 0.15) is 17.9 Å². The number of nitrogens with zero attached hydrogens (tertiary/aromatic N) is 2. The molecule has 0 unspecified atom stereocenters. The molecule has 2 aromatic carbocycles. The number of alkyl halides is 2. The molecule has 0 aliphatic carbocycles. The van der Waals surface area contributed by atoms with Crippen LogP contribution in [-0.4, -0.2) is 58.5 Å². The average molecular weight is 588 g/mol. The number of halogens is 2. The average Bonchev–Trinajstić information content (AvgIpc) is 2.93. The number of hydrogen-bond acceptors (Lipinski definition) is 8. The Kier molecular flexibility index (Phi) is 10.8. The molecule has 41 heavy (non-hydrogen) atoms. The predicted molar refractivity (Wildman–Crippen MR) is 157 cm³/mol. The monoisotopic (exact) mass is 587 g/mol. The van der Waals surface area contributed by atoms with Crippen molar-refractivity contribution in [1.82, 2.24) is 9.97 Å². The maximum absolute atomic E-state index is 13.1. The number of aromatic nitrogens is 2. The zero-order valence-electron chi connectivity index (χ0n) is 23.3. The summed E-state index contributed by atoms with van der Waals surface area (Å²) in [6, 6.07) is 14.4. The van der Waals surface area contributed by atoms with Crippen molar-refractivity contribution >= 4 is 36.0 Å². The maximum Gasteiger partial charge on any atom is 0.314 e. The molecule has 0 saturated heterocycles. The van der Waals surface area contributed by atoms with Crippen molar-refractivity contribution in [3.05, 3.63) is 70.9 Å². The Morgan fingerprint density at radius 2 is 1.66 bits per heavy atom. The maximum atomic E-state index is 13.1. The molecule has 0 amide bonds. The van der Waals surface area contributed by atoms with E-state index in [1.807, 2.05) is 31.3 Å². The van der Waals surface area contributed by atoms with Gasteiger partial charge in [-0.25, -0.2) is 4.98 Å². The molecular formula is C30H36F2N3O5P. The molecule has 0 fully saturated rings. The summed E-state index contributed by atoms with van der Waals surface area (Å²) < 4.78 is 42.7. The fraction of sp³-hybridized carbons (Fsp3) is 0.400. The number of nitrogen functional groups attached to an aromatic ring is 1. The van der Waals surface area contributed by atoms with Crippen LogP contribution in [0.5, 0.6) is 5.75 Å². The molecule has 0 bridgehead atoms. The Morgan fingerprint density at radius 3 is 2.41 bits per heavy atom. The van der Waals surface area contributed by atoms with Crippen LogP contribution in [0.1, 0.15) is 35.1 Å². The molecule has 0 aliphatic rings. The van der Waals surface area contributed by atoms with Gasteiger partial charge in [0.15, 0.2) is 5.82 Å². The Balaban J connectivity index is 1.19. The van der Waals surface area contributed by atoms with Crippen molar-refractivity contribution in [2.75, 3.05) is 38.8 Å². The molecule has 4 aromatic rings. The third-order valence-corrected chi connectivity index (χ3v) is 7.60. The third kappa shape index (κ3) is 8.50. The zero-order valence-corrected chi connectivity index (χ0v) is 24.2. The van der Waals surface area contributed by atoms with Crippen LogP contribution >= 0.6 is 8.38 Å². The van der Waals surface area contributed by atoms with E-state index in [9.17, 15) is 8.78 Å². The standard InChI is InChI=1S/C30H36F2N3O5P/c1-20-4-9-25-26-18-22(19-34-28(26)29(33)35-27(25)16-20)5-6-23-7-8-24(17-21(23)2)40-15-14-39-13-12-38-11-3-10-30(31,32)41(36)37/h4,7-9,16-19,36-37H,3,5-6,10-15H2,1-2H3,(H2,33,35). The van der Waals surface area contributed by atoms with Crippen molar-refractivity contribution in [3.8, 4) is 5.75 Å². The fourth-order valence-corrected chi connectivity index (χ4v) is 4.90. The third-order valence-electron chi connectivity index (χ3n) is 6.80. The van der Waals surface area contributed by atoms with Gasteiger partial charge in [0.25, 0.3) is 0 Å². The summed E-state index contributed by atoms with van der Waals surface area (Å²) in [7, 11) is -3.26. The van der Waals surface area contributed by atoms with E-state index in [4.69, 9.17) is 29.7 Å². The van der Waals surface area contributed by atoms with Gasteiger partial charge < -0.3 is 29.7 Å². The lowest BCUT2D eigenvalue weighted by Gasteiger charge is -2.16. The van der Waals surface area contributed by atoms with Crippen molar-refractivity contribution in [3.63, 3.8) is 0 Å². The molecule has 0 aliphatic heterocycles. The number of anilines is 1. The van der Waals surface area contributed by atoms with E-state index >= 15 is 0 Å². The van der Waals surface area contributed by atoms with Crippen LogP contribution in [0.4, 0.5) is 14.6 Å². The van der Waals surface area contributed by atoms with Crippen molar-refractivity contribution in [2.45, 2.75) is 45.2 Å². The first kappa shape index (κ1) is 30.9. The second-order valence-corrected chi connectivity index (χ2v) is 11.2. The molecule has 220 valence electrons. The van der Waals surface area contributed by atoms with Crippen molar-refractivity contribution in [1.29, 1.82) is 0 Å². The lowest BCUT2D eigenvalue weighted by atomic mass is 9.99. The molecule has 8 nitrogen and oxygen atoms in total. The van der Waals surface area contributed by atoms with Crippen LogP contribution < -0.4 is 10.5 Å². The molecule has 0 radical (unpaired) electrons. The number of rotatable bonds is 15. The highest BCUT2D eigenvalue weighted by Crippen LogP contribution is 2.47. The van der Waals surface area contributed by atoms with Gasteiger partial charge in [-0.1, -0.05) is 18.2 Å². The van der Waals surface area contributed by atoms with Gasteiger partial charge >= 0.3 is 5.66 Å². The van der Waals surface area contributed by atoms with Crippen LogP contribution in [-0.2, 0) is 22.3 Å². The highest BCUT2D eigenvalue weighted by molar-refractivity contribution is 7.46. The summed E-state index contributed by atoms with van der Waals surface area (Å²) in [5.74, 6) is 1.20. The topological polar surface area (TPSA) is 120 Å². The lowest BCUT2D eigenvalue weighted by molar-refractivity contribution is 0.0220. The molecule has 0 spiro atoms. The number of nitrogens with two attached hydrogens (primary N) is 1. The quantitative estimate of drug-likeness (QED) is 0.0901. The minimum absolute atomic E-state index is 0.0360.